The summed E-state index contributed by atoms with van der Waals surface area (Å²) in [6.45, 7) is 2.09. The fourth-order valence-electron chi connectivity index (χ4n) is 0.813. The van der Waals surface area contributed by atoms with Crippen LogP contribution in [0, 0.1) is 0 Å². The molecule has 1 saturated heterocycles. The predicted octanol–water partition coefficient (Wildman–Crippen LogP) is -0.273. The summed E-state index contributed by atoms with van der Waals surface area (Å²) in [5.74, 6) is 1.65. The Bertz CT molecular complexity index is 116. The number of hydrogen-bond acceptors (Lipinski definition) is 2. The Morgan fingerprint density at radius 3 is 2.25 bits per heavy atom. The monoisotopic (exact) mass is 133 g/mol. The highest BCUT2D eigenvalue weighted by molar-refractivity contribution is 7.86. The van der Waals surface area contributed by atoms with Gasteiger partial charge in [0.05, 0.1) is 0 Å². The Labute approximate surface area is 52.1 Å². The van der Waals surface area contributed by atoms with Crippen molar-refractivity contribution in [2.24, 2.45) is 0 Å². The standard InChI is InChI=1S/C5H11NOS/c1-5(6-2)3-8(7)4-5/h6H,3-4H2,1-2H3. The minimum absolute atomic E-state index is 0.185. The first-order chi connectivity index (χ1) is 3.66. The van der Waals surface area contributed by atoms with Gasteiger partial charge in [-0.15, -0.1) is 0 Å². The van der Waals surface area contributed by atoms with Gasteiger partial charge in [0.15, 0.2) is 0 Å². The van der Waals surface area contributed by atoms with Crippen LogP contribution in [0.3, 0.4) is 0 Å². The van der Waals surface area contributed by atoms with Gasteiger partial charge in [-0.05, 0) is 14.0 Å². The Kier molecular flexibility index (Phi) is 1.41. The van der Waals surface area contributed by atoms with Gasteiger partial charge in [-0.25, -0.2) is 0 Å². The van der Waals surface area contributed by atoms with Crippen molar-refractivity contribution in [1.82, 2.24) is 5.32 Å². The van der Waals surface area contributed by atoms with Crippen LogP contribution in [-0.2, 0) is 10.8 Å². The molecule has 1 heterocycles. The van der Waals surface area contributed by atoms with E-state index >= 15 is 0 Å². The van der Waals surface area contributed by atoms with Crippen molar-refractivity contribution < 1.29 is 4.21 Å². The molecule has 0 bridgehead atoms. The summed E-state index contributed by atoms with van der Waals surface area (Å²) in [4.78, 5) is 0. The van der Waals surface area contributed by atoms with E-state index in [-0.39, 0.29) is 5.54 Å². The summed E-state index contributed by atoms with van der Waals surface area (Å²) in [6.07, 6.45) is 0. The van der Waals surface area contributed by atoms with E-state index in [9.17, 15) is 4.21 Å². The minimum atomic E-state index is -0.524. The zero-order valence-electron chi connectivity index (χ0n) is 5.23. The van der Waals surface area contributed by atoms with Crippen LogP contribution in [-0.4, -0.2) is 28.3 Å². The Morgan fingerprint density at radius 2 is 2.12 bits per heavy atom. The highest BCUT2D eigenvalue weighted by Gasteiger charge is 2.36. The average Bonchev–Trinajstić information content (AvgIpc) is 1.63. The predicted molar refractivity (Wildman–Crippen MR) is 35.3 cm³/mol. The van der Waals surface area contributed by atoms with Crippen molar-refractivity contribution in [3.63, 3.8) is 0 Å². The molecule has 0 aromatic heterocycles. The molecule has 0 aromatic carbocycles. The molecule has 1 fully saturated rings. The molecule has 1 N–H and O–H groups in total. The van der Waals surface area contributed by atoms with Gasteiger partial charge < -0.3 is 5.32 Å². The maximum absolute atomic E-state index is 10.5. The zero-order valence-corrected chi connectivity index (χ0v) is 6.05. The lowest BCUT2D eigenvalue weighted by atomic mass is 10.1. The van der Waals surface area contributed by atoms with Gasteiger partial charge in [0.1, 0.15) is 0 Å². The number of rotatable bonds is 1. The molecule has 1 aliphatic heterocycles. The van der Waals surface area contributed by atoms with Crippen molar-refractivity contribution in [1.29, 1.82) is 0 Å². The molecule has 3 heteroatoms. The molecule has 0 aromatic rings. The van der Waals surface area contributed by atoms with Crippen LogP contribution in [0.5, 0.6) is 0 Å². The topological polar surface area (TPSA) is 29.1 Å². The third-order valence-corrected chi connectivity index (χ3v) is 3.48. The molecule has 1 aliphatic rings. The summed E-state index contributed by atoms with van der Waals surface area (Å²) < 4.78 is 10.5. The van der Waals surface area contributed by atoms with Gasteiger partial charge in [0, 0.05) is 27.8 Å². The quantitative estimate of drug-likeness (QED) is 0.533. The van der Waals surface area contributed by atoms with Gasteiger partial charge in [-0.3, -0.25) is 4.21 Å². The average molecular weight is 133 g/mol. The molecule has 0 atom stereocenters. The Hall–Kier alpha value is 0.110. The fourth-order valence-corrected chi connectivity index (χ4v) is 2.44. The van der Waals surface area contributed by atoms with Crippen LogP contribution in [0.4, 0.5) is 0 Å². The highest BCUT2D eigenvalue weighted by Crippen LogP contribution is 2.17. The minimum Gasteiger partial charge on any atom is -0.313 e. The first-order valence-corrected chi connectivity index (χ1v) is 4.19. The molecule has 8 heavy (non-hydrogen) atoms. The van der Waals surface area contributed by atoms with E-state index in [2.05, 4.69) is 12.2 Å². The van der Waals surface area contributed by atoms with Crippen molar-refractivity contribution in [2.75, 3.05) is 18.6 Å². The summed E-state index contributed by atoms with van der Waals surface area (Å²) in [6, 6.07) is 0. The summed E-state index contributed by atoms with van der Waals surface area (Å²) in [5.41, 5.74) is 0.185. The van der Waals surface area contributed by atoms with Crippen LogP contribution in [0.15, 0.2) is 0 Å². The van der Waals surface area contributed by atoms with Crippen LogP contribution in [0.2, 0.25) is 0 Å². The summed E-state index contributed by atoms with van der Waals surface area (Å²) in [7, 11) is 1.39. The van der Waals surface area contributed by atoms with Gasteiger partial charge in [0.25, 0.3) is 0 Å². The lowest BCUT2D eigenvalue weighted by molar-refractivity contribution is 0.445. The third-order valence-electron chi connectivity index (χ3n) is 1.56. The maximum Gasteiger partial charge on any atom is 0.0424 e. The highest BCUT2D eigenvalue weighted by atomic mass is 32.2. The lowest BCUT2D eigenvalue weighted by Crippen LogP contribution is -2.58. The zero-order chi connectivity index (χ0) is 6.20. The molecule has 1 rings (SSSR count). The van der Waals surface area contributed by atoms with Gasteiger partial charge in [-0.2, -0.15) is 0 Å². The van der Waals surface area contributed by atoms with E-state index in [4.69, 9.17) is 0 Å². The molecule has 48 valence electrons. The van der Waals surface area contributed by atoms with Crippen molar-refractivity contribution >= 4 is 10.8 Å². The Morgan fingerprint density at radius 1 is 1.62 bits per heavy atom. The van der Waals surface area contributed by atoms with E-state index in [1.54, 1.807) is 0 Å². The largest absolute Gasteiger partial charge is 0.313 e. The van der Waals surface area contributed by atoms with E-state index in [1.807, 2.05) is 7.05 Å². The molecule has 0 unspecified atom stereocenters. The first kappa shape index (κ1) is 6.23. The second kappa shape index (κ2) is 1.81. The number of hydrogen-bond donors (Lipinski definition) is 1. The SMILES string of the molecule is CNC1(C)CS(=O)C1. The van der Waals surface area contributed by atoms with Gasteiger partial charge in [-0.1, -0.05) is 0 Å². The van der Waals surface area contributed by atoms with Crippen LogP contribution in [0.1, 0.15) is 6.92 Å². The molecule has 0 amide bonds. The van der Waals surface area contributed by atoms with Crippen molar-refractivity contribution in [3.8, 4) is 0 Å². The molecule has 0 spiro atoms. The van der Waals surface area contributed by atoms with Crippen LogP contribution in [0.25, 0.3) is 0 Å². The van der Waals surface area contributed by atoms with E-state index in [0.29, 0.717) is 0 Å². The van der Waals surface area contributed by atoms with Gasteiger partial charge in [0.2, 0.25) is 0 Å². The van der Waals surface area contributed by atoms with Crippen LogP contribution < -0.4 is 5.32 Å². The molecular formula is C5H11NOS. The fraction of sp³-hybridized carbons (Fsp3) is 1.00. The number of nitrogens with one attached hydrogen (secondary N) is 1. The third kappa shape index (κ3) is 0.928. The molecular weight excluding hydrogens is 122 g/mol. The van der Waals surface area contributed by atoms with Crippen LogP contribution >= 0.6 is 0 Å². The summed E-state index contributed by atoms with van der Waals surface area (Å²) in [5, 5.41) is 3.12. The second-order valence-electron chi connectivity index (χ2n) is 2.54. The van der Waals surface area contributed by atoms with Crippen molar-refractivity contribution in [2.45, 2.75) is 12.5 Å². The van der Waals surface area contributed by atoms with E-state index in [0.717, 1.165) is 11.5 Å². The second-order valence-corrected chi connectivity index (χ2v) is 4.00. The normalized spacial score (nSPS) is 46.0. The molecule has 2 nitrogen and oxygen atoms in total. The smallest absolute Gasteiger partial charge is 0.0424 e. The van der Waals surface area contributed by atoms with Gasteiger partial charge >= 0.3 is 0 Å². The lowest BCUT2D eigenvalue weighted by Gasteiger charge is -2.36. The first-order valence-electron chi connectivity index (χ1n) is 2.70. The Balaban J connectivity index is 2.40. The molecule has 0 saturated carbocycles. The molecule has 0 radical (unpaired) electrons. The van der Waals surface area contributed by atoms with E-state index < -0.39 is 10.8 Å². The summed E-state index contributed by atoms with van der Waals surface area (Å²) >= 11 is 0. The molecule has 0 aliphatic carbocycles. The maximum atomic E-state index is 10.5. The van der Waals surface area contributed by atoms with Crippen molar-refractivity contribution in [3.05, 3.63) is 0 Å². The van der Waals surface area contributed by atoms with E-state index in [1.165, 1.54) is 0 Å².